The van der Waals surface area contributed by atoms with E-state index in [9.17, 15) is 4.79 Å². The lowest BCUT2D eigenvalue weighted by Crippen LogP contribution is -2.01. The summed E-state index contributed by atoms with van der Waals surface area (Å²) in [4.78, 5) is 14.3. The van der Waals surface area contributed by atoms with Gasteiger partial charge >= 0.3 is 0 Å². The molecule has 0 spiro atoms. The fraction of sp³-hybridized carbons (Fsp3) is 0.706. The monoisotopic (exact) mass is 777 g/mol. The highest BCUT2D eigenvalue weighted by Crippen LogP contribution is 2.26. The standard InChI is InChI=1S/C51H84O3S/c1-4-7-10-13-14-15-16-17-18-19-20-21-22-23-24-25-26-27-30-33-42-55-50-37-35-47(36-38-50)51(52)39-34-46-43-48(53-40-31-28-11-8-5-2)45-49(44-46)54-41-32-29-12-9-6-3/h34-39,43-45H,4-33,40-42H2,1-3H3. The zero-order valence-electron chi connectivity index (χ0n) is 36.2. The topological polar surface area (TPSA) is 35.5 Å². The van der Waals surface area contributed by atoms with Gasteiger partial charge in [-0.3, -0.25) is 4.79 Å². The van der Waals surface area contributed by atoms with Crippen LogP contribution >= 0.6 is 11.8 Å². The Balaban J connectivity index is 1.59. The number of allylic oxidation sites excluding steroid dienone is 1. The molecule has 2 rings (SSSR count). The largest absolute Gasteiger partial charge is 0.493 e. The Morgan fingerprint density at radius 2 is 0.836 bits per heavy atom. The van der Waals surface area contributed by atoms with Crippen molar-refractivity contribution < 1.29 is 14.3 Å². The molecule has 0 saturated heterocycles. The van der Waals surface area contributed by atoms with Crippen molar-refractivity contribution >= 4 is 23.6 Å². The molecule has 0 heterocycles. The van der Waals surface area contributed by atoms with Crippen molar-refractivity contribution in [2.45, 2.75) is 218 Å². The van der Waals surface area contributed by atoms with E-state index in [2.05, 4.69) is 32.9 Å². The third-order valence-corrected chi connectivity index (χ3v) is 11.9. The van der Waals surface area contributed by atoms with E-state index in [1.807, 2.05) is 48.2 Å². The van der Waals surface area contributed by atoms with Crippen molar-refractivity contribution in [3.05, 3.63) is 59.7 Å². The first-order valence-electron chi connectivity index (χ1n) is 23.5. The molecule has 0 aromatic heterocycles. The van der Waals surface area contributed by atoms with Gasteiger partial charge < -0.3 is 9.47 Å². The van der Waals surface area contributed by atoms with Gasteiger partial charge in [0, 0.05) is 16.5 Å². The van der Waals surface area contributed by atoms with E-state index in [1.165, 1.54) is 185 Å². The van der Waals surface area contributed by atoms with Crippen LogP contribution in [0.3, 0.4) is 0 Å². The zero-order valence-corrected chi connectivity index (χ0v) is 37.0. The maximum Gasteiger partial charge on any atom is 0.185 e. The molecule has 0 bridgehead atoms. The second-order valence-electron chi connectivity index (χ2n) is 16.1. The van der Waals surface area contributed by atoms with Crippen LogP contribution in [0.2, 0.25) is 0 Å². The molecule has 0 saturated carbocycles. The van der Waals surface area contributed by atoms with E-state index in [0.717, 1.165) is 41.2 Å². The smallest absolute Gasteiger partial charge is 0.185 e. The van der Waals surface area contributed by atoms with Gasteiger partial charge in [0.2, 0.25) is 0 Å². The first kappa shape index (κ1) is 48.9. The van der Waals surface area contributed by atoms with Gasteiger partial charge in [0.1, 0.15) is 11.5 Å². The number of unbranched alkanes of at least 4 members (excludes halogenated alkanes) is 27. The lowest BCUT2D eigenvalue weighted by molar-refractivity contribution is 0.104. The van der Waals surface area contributed by atoms with Gasteiger partial charge in [0.25, 0.3) is 0 Å². The van der Waals surface area contributed by atoms with E-state index in [1.54, 1.807) is 6.08 Å². The summed E-state index contributed by atoms with van der Waals surface area (Å²) in [6.07, 6.45) is 44.0. The highest BCUT2D eigenvalue weighted by atomic mass is 32.2. The van der Waals surface area contributed by atoms with Crippen LogP contribution in [0.25, 0.3) is 6.08 Å². The lowest BCUT2D eigenvalue weighted by Gasteiger charge is -2.11. The second-order valence-corrected chi connectivity index (χ2v) is 17.2. The minimum Gasteiger partial charge on any atom is -0.493 e. The Hall–Kier alpha value is -2.20. The van der Waals surface area contributed by atoms with Crippen LogP contribution in [-0.4, -0.2) is 24.7 Å². The fourth-order valence-electron chi connectivity index (χ4n) is 7.18. The first-order chi connectivity index (χ1) is 27.2. The second kappa shape index (κ2) is 36.2. The Labute approximate surface area is 345 Å². The molecule has 0 radical (unpaired) electrons. The lowest BCUT2D eigenvalue weighted by atomic mass is 10.0. The molecule has 3 nitrogen and oxygen atoms in total. The van der Waals surface area contributed by atoms with E-state index in [4.69, 9.17) is 9.47 Å². The maximum atomic E-state index is 13.1. The van der Waals surface area contributed by atoms with Gasteiger partial charge in [-0.2, -0.15) is 0 Å². The highest BCUT2D eigenvalue weighted by Gasteiger charge is 2.06. The average molecular weight is 777 g/mol. The molecular weight excluding hydrogens is 693 g/mol. The number of thioether (sulfide) groups is 1. The highest BCUT2D eigenvalue weighted by molar-refractivity contribution is 7.99. The Bertz CT molecular complexity index is 1150. The molecule has 4 heteroatoms. The molecule has 312 valence electrons. The normalized spacial score (nSPS) is 11.5. The number of carbonyl (C=O) groups excluding carboxylic acids is 1. The number of carbonyl (C=O) groups is 1. The molecule has 2 aromatic carbocycles. The van der Waals surface area contributed by atoms with E-state index < -0.39 is 0 Å². The minimum atomic E-state index is 0.0197. The molecule has 0 aliphatic rings. The van der Waals surface area contributed by atoms with Crippen LogP contribution in [-0.2, 0) is 0 Å². The molecule has 0 amide bonds. The van der Waals surface area contributed by atoms with Crippen LogP contribution in [0.5, 0.6) is 11.5 Å². The summed E-state index contributed by atoms with van der Waals surface area (Å²) in [7, 11) is 0. The molecule has 0 aliphatic heterocycles. The predicted molar refractivity (Wildman–Crippen MR) is 243 cm³/mol. The summed E-state index contributed by atoms with van der Waals surface area (Å²) in [6.45, 7) is 8.19. The molecule has 55 heavy (non-hydrogen) atoms. The van der Waals surface area contributed by atoms with Crippen LogP contribution < -0.4 is 9.47 Å². The van der Waals surface area contributed by atoms with Crippen molar-refractivity contribution in [1.82, 2.24) is 0 Å². The van der Waals surface area contributed by atoms with E-state index in [-0.39, 0.29) is 5.78 Å². The van der Waals surface area contributed by atoms with Gasteiger partial charge in [-0.25, -0.2) is 0 Å². The SMILES string of the molecule is CCCCCCCCCCCCCCCCCCCCCCSc1ccc(C(=O)C=Cc2cc(OCCCCCCC)cc(OCCCCCCC)c2)cc1. The van der Waals surface area contributed by atoms with Crippen LogP contribution in [0.1, 0.15) is 229 Å². The number of hydrogen-bond donors (Lipinski definition) is 0. The summed E-state index contributed by atoms with van der Waals surface area (Å²) in [5.41, 5.74) is 1.65. The summed E-state index contributed by atoms with van der Waals surface area (Å²) >= 11 is 1.91. The first-order valence-corrected chi connectivity index (χ1v) is 24.5. The fourth-order valence-corrected chi connectivity index (χ4v) is 8.09. The molecule has 0 unspecified atom stereocenters. The predicted octanol–water partition coefficient (Wildman–Crippen LogP) is 17.2. The molecule has 2 aromatic rings. The summed E-state index contributed by atoms with van der Waals surface area (Å²) < 4.78 is 12.3. The molecular formula is C51H84O3S. The van der Waals surface area contributed by atoms with Gasteiger partial charge in [-0.1, -0.05) is 200 Å². The van der Waals surface area contributed by atoms with Gasteiger partial charge in [0.05, 0.1) is 13.2 Å². The summed E-state index contributed by atoms with van der Waals surface area (Å²) in [5.74, 6) is 2.79. The van der Waals surface area contributed by atoms with E-state index >= 15 is 0 Å². The van der Waals surface area contributed by atoms with Crippen molar-refractivity contribution in [1.29, 1.82) is 0 Å². The number of hydrogen-bond acceptors (Lipinski definition) is 4. The quantitative estimate of drug-likeness (QED) is 0.0293. The molecule has 0 fully saturated rings. The Morgan fingerprint density at radius 3 is 1.24 bits per heavy atom. The average Bonchev–Trinajstić information content (AvgIpc) is 3.20. The molecule has 0 aliphatic carbocycles. The van der Waals surface area contributed by atoms with Crippen LogP contribution in [0.15, 0.2) is 53.4 Å². The van der Waals surface area contributed by atoms with Crippen molar-refractivity contribution in [2.75, 3.05) is 19.0 Å². The van der Waals surface area contributed by atoms with Gasteiger partial charge in [-0.15, -0.1) is 11.8 Å². The van der Waals surface area contributed by atoms with Gasteiger partial charge in [0.15, 0.2) is 5.78 Å². The maximum absolute atomic E-state index is 13.1. The third-order valence-electron chi connectivity index (χ3n) is 10.8. The van der Waals surface area contributed by atoms with Gasteiger partial charge in [-0.05, 0) is 73.1 Å². The number of rotatable bonds is 39. The van der Waals surface area contributed by atoms with Crippen molar-refractivity contribution in [2.24, 2.45) is 0 Å². The molecule has 0 atom stereocenters. The third kappa shape index (κ3) is 27.9. The number of ether oxygens (including phenoxy) is 2. The molecule has 0 N–H and O–H groups in total. The Kier molecular flexibility index (Phi) is 32.2. The van der Waals surface area contributed by atoms with Crippen molar-refractivity contribution in [3.63, 3.8) is 0 Å². The summed E-state index contributed by atoms with van der Waals surface area (Å²) in [5, 5.41) is 0. The minimum absolute atomic E-state index is 0.0197. The van der Waals surface area contributed by atoms with Crippen LogP contribution in [0, 0.1) is 0 Å². The van der Waals surface area contributed by atoms with Crippen molar-refractivity contribution in [3.8, 4) is 11.5 Å². The summed E-state index contributed by atoms with van der Waals surface area (Å²) in [6, 6.07) is 14.2. The number of benzene rings is 2. The zero-order chi connectivity index (χ0) is 39.3. The number of ketones is 1. The Morgan fingerprint density at radius 1 is 0.473 bits per heavy atom. The van der Waals surface area contributed by atoms with E-state index in [0.29, 0.717) is 13.2 Å². The van der Waals surface area contributed by atoms with Crippen LogP contribution in [0.4, 0.5) is 0 Å².